The van der Waals surface area contributed by atoms with Gasteiger partial charge in [0.15, 0.2) is 0 Å². The zero-order valence-corrected chi connectivity index (χ0v) is 11.7. The molecule has 0 saturated carbocycles. The summed E-state index contributed by atoms with van der Waals surface area (Å²) in [6.07, 6.45) is 4.52. The topological polar surface area (TPSA) is 49.4 Å². The van der Waals surface area contributed by atoms with Crippen LogP contribution >= 0.6 is 0 Å². The van der Waals surface area contributed by atoms with Crippen molar-refractivity contribution in [3.8, 4) is 0 Å². The van der Waals surface area contributed by atoms with E-state index in [0.29, 0.717) is 25.8 Å². The van der Waals surface area contributed by atoms with Crippen LogP contribution < -0.4 is 5.32 Å². The second-order valence-corrected chi connectivity index (χ2v) is 4.83. The molecule has 0 aromatic heterocycles. The normalized spacial score (nSPS) is 22.8. The minimum Gasteiger partial charge on any atom is -0.340 e. The second kappa shape index (κ2) is 6.03. The summed E-state index contributed by atoms with van der Waals surface area (Å²) in [4.78, 5) is 26.5. The second-order valence-electron chi connectivity index (χ2n) is 4.83. The Balaban J connectivity index is 3.07. The first kappa shape index (κ1) is 14.7. The molecule has 4 nitrogen and oxygen atoms in total. The molecule has 102 valence electrons. The van der Waals surface area contributed by atoms with Gasteiger partial charge in [0.05, 0.1) is 0 Å². The smallest absolute Gasteiger partial charge is 0.249 e. The Morgan fingerprint density at radius 3 is 2.39 bits per heavy atom. The summed E-state index contributed by atoms with van der Waals surface area (Å²) in [5.41, 5.74) is -0.718. The fourth-order valence-electron chi connectivity index (χ4n) is 2.57. The van der Waals surface area contributed by atoms with Crippen molar-refractivity contribution in [2.45, 2.75) is 58.0 Å². The van der Waals surface area contributed by atoms with Gasteiger partial charge in [-0.1, -0.05) is 33.3 Å². The fraction of sp³-hybridized carbons (Fsp3) is 0.714. The number of hydrogen-bond acceptors (Lipinski definition) is 2. The van der Waals surface area contributed by atoms with Gasteiger partial charge in [-0.2, -0.15) is 0 Å². The first-order chi connectivity index (χ1) is 8.56. The van der Waals surface area contributed by atoms with E-state index in [1.54, 1.807) is 11.0 Å². The van der Waals surface area contributed by atoms with Crippen LogP contribution in [0.2, 0.25) is 0 Å². The van der Waals surface area contributed by atoms with Crippen LogP contribution in [0.15, 0.2) is 12.7 Å². The highest BCUT2D eigenvalue weighted by molar-refractivity contribution is 5.99. The Kier molecular flexibility index (Phi) is 4.93. The lowest BCUT2D eigenvalue weighted by molar-refractivity contribution is -0.155. The summed E-state index contributed by atoms with van der Waals surface area (Å²) >= 11 is 0. The predicted molar refractivity (Wildman–Crippen MR) is 72.1 cm³/mol. The fourth-order valence-corrected chi connectivity index (χ4v) is 2.57. The Bertz CT molecular complexity index is 335. The van der Waals surface area contributed by atoms with Crippen molar-refractivity contribution >= 4 is 11.8 Å². The van der Waals surface area contributed by atoms with Crippen molar-refractivity contribution in [1.29, 1.82) is 0 Å². The van der Waals surface area contributed by atoms with E-state index in [1.807, 2.05) is 20.8 Å². The highest BCUT2D eigenvalue weighted by Gasteiger charge is 2.47. The molecule has 0 aliphatic carbocycles. The van der Waals surface area contributed by atoms with E-state index in [4.69, 9.17) is 0 Å². The number of carbonyl (C=O) groups is 2. The standard InChI is InChI=1S/C14H24N2O2/c1-5-9-11-12(17)15-14(7-3,8-4)13(18)16(11)10-6-2/h6,11H,2,5,7-10H2,1,3-4H3,(H,15,17). The summed E-state index contributed by atoms with van der Waals surface area (Å²) in [5.74, 6) is 0.00690. The lowest BCUT2D eigenvalue weighted by Crippen LogP contribution is -2.69. The quantitative estimate of drug-likeness (QED) is 0.734. The van der Waals surface area contributed by atoms with Gasteiger partial charge in [0.25, 0.3) is 0 Å². The van der Waals surface area contributed by atoms with Crippen molar-refractivity contribution in [1.82, 2.24) is 10.2 Å². The molecule has 1 rings (SSSR count). The van der Waals surface area contributed by atoms with E-state index in [2.05, 4.69) is 11.9 Å². The first-order valence-corrected chi connectivity index (χ1v) is 6.80. The minimum atomic E-state index is -0.718. The molecule has 0 aromatic rings. The molecular formula is C14H24N2O2. The van der Waals surface area contributed by atoms with Crippen LogP contribution in [0.4, 0.5) is 0 Å². The van der Waals surface area contributed by atoms with Gasteiger partial charge in [0.1, 0.15) is 11.6 Å². The Morgan fingerprint density at radius 1 is 1.33 bits per heavy atom. The van der Waals surface area contributed by atoms with Gasteiger partial charge in [-0.05, 0) is 19.3 Å². The number of nitrogens with one attached hydrogen (secondary N) is 1. The lowest BCUT2D eigenvalue weighted by atomic mass is 9.86. The van der Waals surface area contributed by atoms with Gasteiger partial charge in [-0.15, -0.1) is 6.58 Å². The van der Waals surface area contributed by atoms with E-state index in [-0.39, 0.29) is 17.9 Å². The molecule has 2 amide bonds. The predicted octanol–water partition coefficient (Wildman–Crippen LogP) is 1.86. The third-order valence-corrected chi connectivity index (χ3v) is 3.81. The van der Waals surface area contributed by atoms with Gasteiger partial charge in [0, 0.05) is 6.54 Å². The molecule has 1 aliphatic heterocycles. The molecule has 1 unspecified atom stereocenters. The number of piperazine rings is 1. The SMILES string of the molecule is C=CCN1C(=O)C(CC)(CC)NC(=O)C1CCC. The monoisotopic (exact) mass is 252 g/mol. The lowest BCUT2D eigenvalue weighted by Gasteiger charge is -2.45. The summed E-state index contributed by atoms with van der Waals surface area (Å²) in [6.45, 7) is 10.0. The molecule has 1 heterocycles. The van der Waals surface area contributed by atoms with E-state index in [0.717, 1.165) is 6.42 Å². The van der Waals surface area contributed by atoms with Crippen molar-refractivity contribution in [2.24, 2.45) is 0 Å². The molecule has 1 fully saturated rings. The van der Waals surface area contributed by atoms with Crippen LogP contribution in [-0.2, 0) is 9.59 Å². The van der Waals surface area contributed by atoms with E-state index < -0.39 is 5.54 Å². The van der Waals surface area contributed by atoms with E-state index in [9.17, 15) is 9.59 Å². The molecule has 1 N–H and O–H groups in total. The molecule has 4 heteroatoms. The Labute approximate surface area is 109 Å². The Morgan fingerprint density at radius 2 is 1.94 bits per heavy atom. The van der Waals surface area contributed by atoms with Crippen LogP contribution in [-0.4, -0.2) is 34.8 Å². The minimum absolute atomic E-state index is 0.0259. The summed E-state index contributed by atoms with van der Waals surface area (Å²) in [6, 6.07) is -0.341. The Hall–Kier alpha value is -1.32. The average Bonchev–Trinajstić information content (AvgIpc) is 2.38. The molecular weight excluding hydrogens is 228 g/mol. The summed E-state index contributed by atoms with van der Waals surface area (Å²) in [5, 5.41) is 2.94. The van der Waals surface area contributed by atoms with Crippen molar-refractivity contribution < 1.29 is 9.59 Å². The molecule has 1 atom stereocenters. The number of nitrogens with zero attached hydrogens (tertiary/aromatic N) is 1. The van der Waals surface area contributed by atoms with Crippen LogP contribution in [0.25, 0.3) is 0 Å². The largest absolute Gasteiger partial charge is 0.340 e. The molecule has 1 aliphatic rings. The molecule has 0 aromatic carbocycles. The zero-order valence-electron chi connectivity index (χ0n) is 11.7. The van der Waals surface area contributed by atoms with Crippen LogP contribution in [0.5, 0.6) is 0 Å². The summed E-state index contributed by atoms with van der Waals surface area (Å²) < 4.78 is 0. The number of hydrogen-bond donors (Lipinski definition) is 1. The van der Waals surface area contributed by atoms with Crippen molar-refractivity contribution in [3.63, 3.8) is 0 Å². The molecule has 18 heavy (non-hydrogen) atoms. The third-order valence-electron chi connectivity index (χ3n) is 3.81. The molecule has 1 saturated heterocycles. The van der Waals surface area contributed by atoms with Gasteiger partial charge in [0.2, 0.25) is 11.8 Å². The van der Waals surface area contributed by atoms with Crippen LogP contribution in [0, 0.1) is 0 Å². The first-order valence-electron chi connectivity index (χ1n) is 6.80. The maximum Gasteiger partial charge on any atom is 0.249 e. The highest BCUT2D eigenvalue weighted by Crippen LogP contribution is 2.26. The van der Waals surface area contributed by atoms with Crippen LogP contribution in [0.1, 0.15) is 46.5 Å². The molecule has 0 spiro atoms. The number of rotatable bonds is 6. The zero-order chi connectivity index (χ0) is 13.8. The number of carbonyl (C=O) groups excluding carboxylic acids is 2. The van der Waals surface area contributed by atoms with Gasteiger partial charge in [-0.25, -0.2) is 0 Å². The number of amides is 2. The maximum atomic E-state index is 12.6. The van der Waals surface area contributed by atoms with Gasteiger partial charge >= 0.3 is 0 Å². The molecule has 0 bridgehead atoms. The van der Waals surface area contributed by atoms with Crippen molar-refractivity contribution in [2.75, 3.05) is 6.54 Å². The van der Waals surface area contributed by atoms with E-state index in [1.165, 1.54) is 0 Å². The van der Waals surface area contributed by atoms with E-state index >= 15 is 0 Å². The van der Waals surface area contributed by atoms with Gasteiger partial charge < -0.3 is 10.2 Å². The van der Waals surface area contributed by atoms with Crippen molar-refractivity contribution in [3.05, 3.63) is 12.7 Å². The maximum absolute atomic E-state index is 12.6. The highest BCUT2D eigenvalue weighted by atomic mass is 16.2. The summed E-state index contributed by atoms with van der Waals surface area (Å²) in [7, 11) is 0. The third kappa shape index (κ3) is 2.42. The molecule has 0 radical (unpaired) electrons. The van der Waals surface area contributed by atoms with Gasteiger partial charge in [-0.3, -0.25) is 9.59 Å². The average molecular weight is 252 g/mol. The van der Waals surface area contributed by atoms with Crippen LogP contribution in [0.3, 0.4) is 0 Å².